The summed E-state index contributed by atoms with van der Waals surface area (Å²) in [4.78, 5) is 12.5. The average molecular weight is 391 g/mol. The Morgan fingerprint density at radius 3 is 2.31 bits per heavy atom. The lowest BCUT2D eigenvalue weighted by molar-refractivity contribution is -0.118. The van der Waals surface area contributed by atoms with Crippen LogP contribution >= 0.6 is 0 Å². The number of carbonyl (C=O) groups is 1. The highest BCUT2D eigenvalue weighted by Gasteiger charge is 2.18. The number of carbonyl (C=O) groups excluding carboxylic acids is 1. The summed E-state index contributed by atoms with van der Waals surface area (Å²) in [5.74, 6) is 0.0614. The van der Waals surface area contributed by atoms with Crippen molar-refractivity contribution in [2.24, 2.45) is 0 Å². The zero-order chi connectivity index (χ0) is 21.0. The molecule has 2 aromatic rings. The highest BCUT2D eigenvalue weighted by molar-refractivity contribution is 5.97. The predicted octanol–water partition coefficient (Wildman–Crippen LogP) is 6.25. The maximum atomic E-state index is 12.5. The van der Waals surface area contributed by atoms with Gasteiger partial charge in [0.15, 0.2) is 0 Å². The Balaban J connectivity index is 1.78. The van der Waals surface area contributed by atoms with Crippen molar-refractivity contribution in [1.82, 2.24) is 5.32 Å². The van der Waals surface area contributed by atoms with E-state index in [1.807, 2.05) is 13.0 Å². The van der Waals surface area contributed by atoms with Gasteiger partial charge in [-0.05, 0) is 93.5 Å². The molecule has 154 valence electrons. The minimum absolute atomic E-state index is 0.0614. The molecule has 1 amide bonds. The molecular formula is C26H34N2O. The molecule has 3 rings (SSSR count). The third-order valence-electron chi connectivity index (χ3n) is 5.68. The second-order valence-corrected chi connectivity index (χ2v) is 8.68. The van der Waals surface area contributed by atoms with Gasteiger partial charge in [0.05, 0.1) is 0 Å². The maximum absolute atomic E-state index is 12.5. The molecule has 1 fully saturated rings. The van der Waals surface area contributed by atoms with E-state index in [0.717, 1.165) is 29.7 Å². The second kappa shape index (κ2) is 9.30. The van der Waals surface area contributed by atoms with Crippen LogP contribution in [-0.4, -0.2) is 18.0 Å². The summed E-state index contributed by atoms with van der Waals surface area (Å²) in [6.45, 7) is 10.5. The fraction of sp³-hybridized carbons (Fsp3) is 0.423. The number of hydrogen-bond acceptors (Lipinski definition) is 2. The van der Waals surface area contributed by atoms with Crippen molar-refractivity contribution in [2.45, 2.75) is 72.4 Å². The van der Waals surface area contributed by atoms with Crippen LogP contribution in [0.5, 0.6) is 0 Å². The molecule has 0 unspecified atom stereocenters. The van der Waals surface area contributed by atoms with E-state index in [1.165, 1.54) is 35.1 Å². The molecule has 29 heavy (non-hydrogen) atoms. The van der Waals surface area contributed by atoms with Gasteiger partial charge in [0, 0.05) is 23.3 Å². The Hall–Kier alpha value is -2.55. The molecule has 0 spiro atoms. The van der Waals surface area contributed by atoms with Crippen LogP contribution in [0.25, 0.3) is 17.2 Å². The van der Waals surface area contributed by atoms with E-state index in [0.29, 0.717) is 12.1 Å². The fourth-order valence-corrected chi connectivity index (χ4v) is 4.05. The first-order valence-corrected chi connectivity index (χ1v) is 10.8. The van der Waals surface area contributed by atoms with Crippen molar-refractivity contribution in [3.8, 4) is 11.1 Å². The lowest BCUT2D eigenvalue weighted by Crippen LogP contribution is -2.33. The van der Waals surface area contributed by atoms with E-state index in [1.54, 1.807) is 0 Å². The second-order valence-electron chi connectivity index (χ2n) is 8.68. The number of amides is 1. The largest absolute Gasteiger partial charge is 0.383 e. The zero-order valence-electron chi connectivity index (χ0n) is 18.4. The van der Waals surface area contributed by atoms with Crippen LogP contribution in [0.2, 0.25) is 0 Å². The standard InChI is InChI=1S/C26H34N2O/c1-17(2)27-24-12-10-21(11-13-24)25-16-18(3)22(14-19(25)4)15-20(5)26(29)28-23-8-6-7-9-23/h10-17,23,27H,6-9H2,1-5H3,(H,28,29). The smallest absolute Gasteiger partial charge is 0.247 e. The Bertz CT molecular complexity index is 888. The SMILES string of the molecule is CC(=Cc1cc(C)c(-c2ccc(NC(C)C)cc2)cc1C)C(=O)NC1CCCC1. The predicted molar refractivity (Wildman–Crippen MR) is 124 cm³/mol. The summed E-state index contributed by atoms with van der Waals surface area (Å²) in [6.07, 6.45) is 6.69. The van der Waals surface area contributed by atoms with Gasteiger partial charge in [-0.3, -0.25) is 4.79 Å². The van der Waals surface area contributed by atoms with Crippen molar-refractivity contribution in [2.75, 3.05) is 5.32 Å². The molecule has 2 aromatic carbocycles. The van der Waals surface area contributed by atoms with Crippen LogP contribution in [0, 0.1) is 13.8 Å². The number of aryl methyl sites for hydroxylation is 2. The molecule has 0 aromatic heterocycles. The zero-order valence-corrected chi connectivity index (χ0v) is 18.4. The van der Waals surface area contributed by atoms with Gasteiger partial charge in [0.1, 0.15) is 0 Å². The van der Waals surface area contributed by atoms with Crippen LogP contribution in [0.4, 0.5) is 5.69 Å². The monoisotopic (exact) mass is 390 g/mol. The first-order valence-electron chi connectivity index (χ1n) is 10.8. The molecule has 0 aliphatic heterocycles. The number of hydrogen-bond donors (Lipinski definition) is 2. The van der Waals surface area contributed by atoms with Gasteiger partial charge in [-0.25, -0.2) is 0 Å². The summed E-state index contributed by atoms with van der Waals surface area (Å²) < 4.78 is 0. The van der Waals surface area contributed by atoms with Crippen LogP contribution in [0.3, 0.4) is 0 Å². The van der Waals surface area contributed by atoms with E-state index in [9.17, 15) is 4.79 Å². The van der Waals surface area contributed by atoms with Gasteiger partial charge in [-0.1, -0.05) is 37.1 Å². The van der Waals surface area contributed by atoms with E-state index < -0.39 is 0 Å². The number of anilines is 1. The van der Waals surface area contributed by atoms with Gasteiger partial charge in [0.25, 0.3) is 0 Å². The van der Waals surface area contributed by atoms with Crippen molar-refractivity contribution in [1.29, 1.82) is 0 Å². The molecule has 3 heteroatoms. The highest BCUT2D eigenvalue weighted by atomic mass is 16.1. The third kappa shape index (κ3) is 5.50. The van der Waals surface area contributed by atoms with E-state index in [4.69, 9.17) is 0 Å². The summed E-state index contributed by atoms with van der Waals surface area (Å²) >= 11 is 0. The normalized spacial score (nSPS) is 15.0. The number of benzene rings is 2. The Labute approximate surface area is 175 Å². The summed E-state index contributed by atoms with van der Waals surface area (Å²) in [7, 11) is 0. The molecule has 0 radical (unpaired) electrons. The minimum atomic E-state index is 0.0614. The summed E-state index contributed by atoms with van der Waals surface area (Å²) in [5, 5.41) is 6.61. The minimum Gasteiger partial charge on any atom is -0.383 e. The van der Waals surface area contributed by atoms with Crippen LogP contribution < -0.4 is 10.6 Å². The first kappa shape index (κ1) is 21.2. The lowest BCUT2D eigenvalue weighted by Gasteiger charge is -2.14. The number of rotatable bonds is 6. The number of nitrogens with one attached hydrogen (secondary N) is 2. The molecule has 0 heterocycles. The average Bonchev–Trinajstić information content (AvgIpc) is 3.17. The Morgan fingerprint density at radius 2 is 1.69 bits per heavy atom. The van der Waals surface area contributed by atoms with Crippen LogP contribution in [0.1, 0.15) is 63.1 Å². The molecule has 3 nitrogen and oxygen atoms in total. The van der Waals surface area contributed by atoms with Gasteiger partial charge < -0.3 is 10.6 Å². The van der Waals surface area contributed by atoms with E-state index in [2.05, 4.69) is 74.7 Å². The summed E-state index contributed by atoms with van der Waals surface area (Å²) in [6, 6.07) is 13.8. The molecular weight excluding hydrogens is 356 g/mol. The van der Waals surface area contributed by atoms with Gasteiger partial charge in [-0.15, -0.1) is 0 Å². The molecule has 1 saturated carbocycles. The van der Waals surface area contributed by atoms with Gasteiger partial charge in [0.2, 0.25) is 5.91 Å². The van der Waals surface area contributed by atoms with Crippen LogP contribution in [0.15, 0.2) is 42.0 Å². The Kier molecular flexibility index (Phi) is 6.79. The molecule has 1 aliphatic rings. The van der Waals surface area contributed by atoms with Gasteiger partial charge >= 0.3 is 0 Å². The molecule has 1 aliphatic carbocycles. The quantitative estimate of drug-likeness (QED) is 0.572. The van der Waals surface area contributed by atoms with Crippen molar-refractivity contribution < 1.29 is 4.79 Å². The lowest BCUT2D eigenvalue weighted by atomic mass is 9.94. The molecule has 0 bridgehead atoms. The van der Waals surface area contributed by atoms with Crippen molar-refractivity contribution >= 4 is 17.7 Å². The van der Waals surface area contributed by atoms with Crippen molar-refractivity contribution in [3.63, 3.8) is 0 Å². The highest BCUT2D eigenvalue weighted by Crippen LogP contribution is 2.29. The fourth-order valence-electron chi connectivity index (χ4n) is 4.05. The maximum Gasteiger partial charge on any atom is 0.247 e. The molecule has 2 N–H and O–H groups in total. The van der Waals surface area contributed by atoms with Gasteiger partial charge in [-0.2, -0.15) is 0 Å². The molecule has 0 saturated heterocycles. The topological polar surface area (TPSA) is 41.1 Å². The van der Waals surface area contributed by atoms with Crippen molar-refractivity contribution in [3.05, 3.63) is 58.7 Å². The summed E-state index contributed by atoms with van der Waals surface area (Å²) in [5.41, 5.74) is 7.88. The van der Waals surface area contributed by atoms with E-state index >= 15 is 0 Å². The Morgan fingerprint density at radius 1 is 1.03 bits per heavy atom. The third-order valence-corrected chi connectivity index (χ3v) is 5.68. The van der Waals surface area contributed by atoms with Crippen LogP contribution in [-0.2, 0) is 4.79 Å². The first-order chi connectivity index (χ1) is 13.8. The molecule has 0 atom stereocenters. The van der Waals surface area contributed by atoms with E-state index in [-0.39, 0.29) is 5.91 Å².